The van der Waals surface area contributed by atoms with E-state index in [0.717, 1.165) is 25.8 Å². The second kappa shape index (κ2) is 11.3. The number of hydrogen-bond acceptors (Lipinski definition) is 1. The van der Waals surface area contributed by atoms with Crippen molar-refractivity contribution in [2.24, 2.45) is 0 Å². The summed E-state index contributed by atoms with van der Waals surface area (Å²) in [5, 5.41) is 8.79. The Morgan fingerprint density at radius 3 is 1.74 bits per heavy atom. The van der Waals surface area contributed by atoms with E-state index in [1.807, 2.05) is 14.1 Å². The highest BCUT2D eigenvalue weighted by Gasteiger charge is 2.18. The van der Waals surface area contributed by atoms with Crippen LogP contribution in [0.25, 0.3) is 0 Å². The van der Waals surface area contributed by atoms with Crippen molar-refractivity contribution in [3.63, 3.8) is 0 Å². The molecule has 0 saturated carbocycles. The molecule has 0 aliphatic rings. The van der Waals surface area contributed by atoms with E-state index in [0.29, 0.717) is 4.48 Å². The Morgan fingerprint density at radius 2 is 1.32 bits per heavy atom. The number of unbranched alkanes of at least 4 members (excludes halogenated alkanes) is 9. The van der Waals surface area contributed by atoms with Crippen molar-refractivity contribution in [1.82, 2.24) is 0 Å². The normalized spacial score (nSPS) is 11.7. The molecule has 0 saturated heterocycles. The van der Waals surface area contributed by atoms with Crippen LogP contribution < -0.4 is 0 Å². The molecular formula is C16H32NO2+. The summed E-state index contributed by atoms with van der Waals surface area (Å²) < 4.78 is 0.592. The Morgan fingerprint density at radius 1 is 0.895 bits per heavy atom. The first-order valence-electron chi connectivity index (χ1n) is 7.72. The number of hydrogen-bond donors (Lipinski definition) is 1. The summed E-state index contributed by atoms with van der Waals surface area (Å²) in [7, 11) is 3.98. The van der Waals surface area contributed by atoms with Gasteiger partial charge in [0.1, 0.15) is 0 Å². The van der Waals surface area contributed by atoms with E-state index in [2.05, 4.69) is 0 Å². The highest BCUT2D eigenvalue weighted by atomic mass is 16.4. The van der Waals surface area contributed by atoms with Crippen LogP contribution in [-0.4, -0.2) is 42.7 Å². The molecule has 0 fully saturated rings. The van der Waals surface area contributed by atoms with Gasteiger partial charge in [0.25, 0.3) is 0 Å². The summed E-state index contributed by atoms with van der Waals surface area (Å²) >= 11 is 0. The zero-order valence-electron chi connectivity index (χ0n) is 12.9. The van der Waals surface area contributed by atoms with E-state index in [4.69, 9.17) is 12.0 Å². The van der Waals surface area contributed by atoms with Gasteiger partial charge in [-0.15, -0.1) is 0 Å². The molecule has 0 aromatic heterocycles. The number of aliphatic carboxylic acids is 1. The molecule has 0 heterocycles. The van der Waals surface area contributed by atoms with Gasteiger partial charge in [-0.05, 0) is 26.2 Å². The lowest BCUT2D eigenvalue weighted by Crippen LogP contribution is -2.44. The summed E-state index contributed by atoms with van der Waals surface area (Å²) in [5.41, 5.74) is 0. The first kappa shape index (κ1) is 18.4. The maximum atomic E-state index is 10.7. The number of carbonyl (C=O) groups is 1. The van der Waals surface area contributed by atoms with Gasteiger partial charge < -0.3 is 9.59 Å². The average Bonchev–Trinajstić information content (AvgIpc) is 2.30. The lowest BCUT2D eigenvalue weighted by atomic mass is 10.1. The molecule has 3 heteroatoms. The molecule has 0 bridgehead atoms. The van der Waals surface area contributed by atoms with Crippen LogP contribution in [0.2, 0.25) is 0 Å². The van der Waals surface area contributed by atoms with Crippen molar-refractivity contribution in [3.05, 3.63) is 6.92 Å². The lowest BCUT2D eigenvalue weighted by molar-refractivity contribution is -0.883. The van der Waals surface area contributed by atoms with E-state index >= 15 is 0 Å². The van der Waals surface area contributed by atoms with Crippen molar-refractivity contribution in [1.29, 1.82) is 0 Å². The van der Waals surface area contributed by atoms with Crippen LogP contribution in [0.4, 0.5) is 0 Å². The Kier molecular flexibility index (Phi) is 10.9. The minimum atomic E-state index is -0.706. The number of likely N-dealkylation sites (N-methyl/N-ethyl adjacent to an activating group) is 1. The molecule has 1 N–H and O–H groups in total. The Hall–Kier alpha value is -0.570. The fourth-order valence-corrected chi connectivity index (χ4v) is 2.37. The molecule has 0 atom stereocenters. The fourth-order valence-electron chi connectivity index (χ4n) is 2.37. The van der Waals surface area contributed by atoms with Gasteiger partial charge in [-0.1, -0.05) is 44.9 Å². The van der Waals surface area contributed by atoms with Crippen LogP contribution in [0.3, 0.4) is 0 Å². The lowest BCUT2D eigenvalue weighted by Gasteiger charge is -2.27. The van der Waals surface area contributed by atoms with Crippen molar-refractivity contribution in [2.45, 2.75) is 64.2 Å². The van der Waals surface area contributed by atoms with Gasteiger partial charge in [0.2, 0.25) is 0 Å². The third-order valence-corrected chi connectivity index (χ3v) is 3.53. The Labute approximate surface area is 119 Å². The molecule has 0 aromatic carbocycles. The highest BCUT2D eigenvalue weighted by molar-refractivity contribution is 5.67. The molecule has 3 nitrogen and oxygen atoms in total. The molecule has 0 aliphatic heterocycles. The number of rotatable bonds is 13. The predicted octanol–water partition coefficient (Wildman–Crippen LogP) is 3.76. The number of carboxylic acid groups (broad SMARTS) is 1. The van der Waals surface area contributed by atoms with Crippen LogP contribution >= 0.6 is 0 Å². The molecule has 112 valence electrons. The largest absolute Gasteiger partial charge is 0.477 e. The van der Waals surface area contributed by atoms with E-state index in [-0.39, 0.29) is 6.54 Å². The summed E-state index contributed by atoms with van der Waals surface area (Å²) in [4.78, 5) is 10.7. The van der Waals surface area contributed by atoms with Gasteiger partial charge in [0.05, 0.1) is 20.6 Å². The minimum Gasteiger partial charge on any atom is -0.477 e. The number of carboxylic acids is 1. The summed E-state index contributed by atoms with van der Waals surface area (Å²) in [5.74, 6) is -0.706. The molecule has 19 heavy (non-hydrogen) atoms. The van der Waals surface area contributed by atoms with Gasteiger partial charge in [0, 0.05) is 0 Å². The van der Waals surface area contributed by atoms with Gasteiger partial charge in [-0.3, -0.25) is 0 Å². The molecule has 0 unspecified atom stereocenters. The monoisotopic (exact) mass is 270 g/mol. The third kappa shape index (κ3) is 13.7. The van der Waals surface area contributed by atoms with Gasteiger partial charge in [-0.2, -0.15) is 0 Å². The summed E-state index contributed by atoms with van der Waals surface area (Å²) in [6.45, 7) is 6.64. The second-order valence-corrected chi connectivity index (χ2v) is 6.18. The standard InChI is InChI=1S/C16H31NO2/c1-4-5-6-7-8-9-10-11-12-13-14-17(2,3)15-16(18)19/h1H,4-15H2,2-3H3/p+1. The topological polar surface area (TPSA) is 37.3 Å². The first-order chi connectivity index (χ1) is 8.98. The molecule has 0 aliphatic carbocycles. The first-order valence-corrected chi connectivity index (χ1v) is 7.72. The zero-order chi connectivity index (χ0) is 14.6. The maximum Gasteiger partial charge on any atom is 0.359 e. The minimum absolute atomic E-state index is 0.223. The zero-order valence-corrected chi connectivity index (χ0v) is 12.9. The smallest absolute Gasteiger partial charge is 0.359 e. The summed E-state index contributed by atoms with van der Waals surface area (Å²) in [6, 6.07) is 0. The second-order valence-electron chi connectivity index (χ2n) is 6.18. The van der Waals surface area contributed by atoms with Crippen molar-refractivity contribution >= 4 is 5.97 Å². The van der Waals surface area contributed by atoms with Crippen LogP contribution in [0.1, 0.15) is 64.2 Å². The van der Waals surface area contributed by atoms with Crippen LogP contribution in [-0.2, 0) is 4.79 Å². The van der Waals surface area contributed by atoms with E-state index in [9.17, 15) is 4.79 Å². The van der Waals surface area contributed by atoms with Gasteiger partial charge >= 0.3 is 5.97 Å². The van der Waals surface area contributed by atoms with E-state index in [1.54, 1.807) is 0 Å². The molecule has 0 spiro atoms. The van der Waals surface area contributed by atoms with Crippen LogP contribution in [0, 0.1) is 6.92 Å². The van der Waals surface area contributed by atoms with Crippen LogP contribution in [0.15, 0.2) is 0 Å². The average molecular weight is 270 g/mol. The molecule has 0 rings (SSSR count). The quantitative estimate of drug-likeness (QED) is 0.409. The Bertz CT molecular complexity index is 227. The van der Waals surface area contributed by atoms with Crippen LogP contribution in [0.5, 0.6) is 0 Å². The maximum absolute atomic E-state index is 10.7. The number of quaternary nitrogens is 1. The van der Waals surface area contributed by atoms with Crippen molar-refractivity contribution in [3.8, 4) is 0 Å². The Balaban J connectivity index is 3.28. The molecule has 2 radical (unpaired) electrons. The summed E-state index contributed by atoms with van der Waals surface area (Å²) in [6.07, 6.45) is 12.2. The van der Waals surface area contributed by atoms with Gasteiger partial charge in [0.15, 0.2) is 6.54 Å². The fraction of sp³-hybridized carbons (Fsp3) is 0.875. The van der Waals surface area contributed by atoms with Gasteiger partial charge in [-0.25, -0.2) is 4.79 Å². The highest BCUT2D eigenvalue weighted by Crippen LogP contribution is 2.11. The van der Waals surface area contributed by atoms with Crippen molar-refractivity contribution in [2.75, 3.05) is 27.2 Å². The molecule has 0 amide bonds. The number of nitrogens with zero attached hydrogens (tertiary/aromatic N) is 1. The van der Waals surface area contributed by atoms with E-state index < -0.39 is 5.97 Å². The van der Waals surface area contributed by atoms with Crippen molar-refractivity contribution < 1.29 is 14.4 Å². The molecular weight excluding hydrogens is 238 g/mol. The third-order valence-electron chi connectivity index (χ3n) is 3.53. The predicted molar refractivity (Wildman–Crippen MR) is 79.9 cm³/mol. The SMILES string of the molecule is [CH]CCCCCCCCCCC[N+](C)(C)CC(=O)O. The molecule has 0 aromatic rings. The van der Waals surface area contributed by atoms with E-state index in [1.165, 1.54) is 44.9 Å².